The Morgan fingerprint density at radius 2 is 2.09 bits per heavy atom. The van der Waals surface area contributed by atoms with Crippen LogP contribution < -0.4 is 5.43 Å². The Labute approximate surface area is 131 Å². The zero-order chi connectivity index (χ0) is 16.6. The van der Waals surface area contributed by atoms with Gasteiger partial charge >= 0.3 is 6.03 Å². The molecule has 2 aromatic rings. The summed E-state index contributed by atoms with van der Waals surface area (Å²) in [6.45, 7) is 1.54. The highest BCUT2D eigenvalue weighted by Gasteiger charge is 2.34. The van der Waals surface area contributed by atoms with E-state index in [4.69, 9.17) is 0 Å². The molecule has 1 aliphatic rings. The highest BCUT2D eigenvalue weighted by molar-refractivity contribution is 6.03. The zero-order valence-electron chi connectivity index (χ0n) is 12.6. The van der Waals surface area contributed by atoms with Crippen LogP contribution in [0.1, 0.15) is 16.1 Å². The maximum absolute atomic E-state index is 12.3. The molecular formula is C14H14N6O3. The number of likely N-dealkylation sites (N-methyl/N-ethyl adjacent to an activating group) is 1. The van der Waals surface area contributed by atoms with E-state index in [2.05, 4.69) is 15.5 Å². The molecule has 2 aromatic heterocycles. The molecular weight excluding hydrogens is 300 g/mol. The molecule has 0 bridgehead atoms. The lowest BCUT2D eigenvalue weighted by atomic mass is 10.2. The van der Waals surface area contributed by atoms with Gasteiger partial charge in [0.2, 0.25) is 0 Å². The van der Waals surface area contributed by atoms with Gasteiger partial charge in [0.1, 0.15) is 6.54 Å². The van der Waals surface area contributed by atoms with Gasteiger partial charge in [-0.3, -0.25) is 19.9 Å². The first-order chi connectivity index (χ1) is 11.0. The first-order valence-electron chi connectivity index (χ1n) is 6.84. The Balaban J connectivity index is 1.81. The van der Waals surface area contributed by atoms with Gasteiger partial charge in [-0.1, -0.05) is 6.07 Å². The van der Waals surface area contributed by atoms with Crippen molar-refractivity contribution in [1.82, 2.24) is 30.1 Å². The minimum Gasteiger partial charge on any atom is -0.272 e. The number of amides is 4. The summed E-state index contributed by atoms with van der Waals surface area (Å²) in [4.78, 5) is 40.7. The van der Waals surface area contributed by atoms with Gasteiger partial charge in [-0.2, -0.15) is 5.10 Å². The van der Waals surface area contributed by atoms with Crippen molar-refractivity contribution >= 4 is 17.8 Å². The normalized spacial score (nSPS) is 14.5. The molecule has 9 heteroatoms. The number of nitrogens with one attached hydrogen (secondary N) is 1. The summed E-state index contributed by atoms with van der Waals surface area (Å²) in [5.74, 6) is -0.312. The number of rotatable bonds is 3. The number of hydrogen-bond donors (Lipinski definition) is 1. The summed E-state index contributed by atoms with van der Waals surface area (Å²) in [5, 5.41) is 5.12. The van der Waals surface area contributed by atoms with E-state index in [0.29, 0.717) is 17.1 Å². The van der Waals surface area contributed by atoms with Crippen LogP contribution in [-0.4, -0.2) is 56.1 Å². The molecule has 0 spiro atoms. The molecule has 0 aromatic carbocycles. The Bertz CT molecular complexity index is 785. The molecule has 0 radical (unpaired) electrons. The number of urea groups is 1. The fourth-order valence-corrected chi connectivity index (χ4v) is 2.21. The van der Waals surface area contributed by atoms with E-state index >= 15 is 0 Å². The molecule has 0 atom stereocenters. The molecule has 3 heterocycles. The second kappa shape index (κ2) is 5.52. The van der Waals surface area contributed by atoms with Crippen LogP contribution in [0.3, 0.4) is 0 Å². The summed E-state index contributed by atoms with van der Waals surface area (Å²) < 4.78 is 1.53. The van der Waals surface area contributed by atoms with Crippen molar-refractivity contribution in [2.45, 2.75) is 6.92 Å². The lowest BCUT2D eigenvalue weighted by Crippen LogP contribution is -2.44. The van der Waals surface area contributed by atoms with Crippen LogP contribution in [-0.2, 0) is 4.79 Å². The first kappa shape index (κ1) is 14.7. The number of carbonyl (C=O) groups is 3. The van der Waals surface area contributed by atoms with Gasteiger partial charge in [-0.25, -0.2) is 19.5 Å². The zero-order valence-corrected chi connectivity index (χ0v) is 12.6. The van der Waals surface area contributed by atoms with Crippen LogP contribution in [0.15, 0.2) is 30.6 Å². The highest BCUT2D eigenvalue weighted by Crippen LogP contribution is 2.13. The van der Waals surface area contributed by atoms with Crippen LogP contribution >= 0.6 is 0 Å². The average Bonchev–Trinajstić information content (AvgIpc) is 3.04. The van der Waals surface area contributed by atoms with Crippen LogP contribution in [0, 0.1) is 6.92 Å². The van der Waals surface area contributed by atoms with E-state index in [-0.39, 0.29) is 12.5 Å². The third kappa shape index (κ3) is 2.52. The predicted molar refractivity (Wildman–Crippen MR) is 78.4 cm³/mol. The van der Waals surface area contributed by atoms with Crippen LogP contribution in [0.5, 0.6) is 0 Å². The Hall–Kier alpha value is -3.23. The van der Waals surface area contributed by atoms with Crippen molar-refractivity contribution in [2.75, 3.05) is 13.6 Å². The number of aromatic nitrogens is 3. The molecule has 4 amide bonds. The quantitative estimate of drug-likeness (QED) is 0.811. The van der Waals surface area contributed by atoms with Crippen molar-refractivity contribution < 1.29 is 14.4 Å². The molecule has 0 aliphatic carbocycles. The standard InChI is InChI=1S/C14H14N6O3/c1-9-10(7-16-20(9)11-5-3-4-6-15-11)13(22)17-19-8-12(21)18(2)14(19)23/h3-7H,8H2,1-2H3,(H,17,22). The Kier molecular flexibility index (Phi) is 3.53. The van der Waals surface area contributed by atoms with Gasteiger partial charge in [0, 0.05) is 13.2 Å². The van der Waals surface area contributed by atoms with E-state index in [1.54, 1.807) is 25.3 Å². The summed E-state index contributed by atoms with van der Waals surface area (Å²) in [7, 11) is 1.36. The topological polar surface area (TPSA) is 100 Å². The first-order valence-corrected chi connectivity index (χ1v) is 6.84. The fraction of sp³-hybridized carbons (Fsp3) is 0.214. The van der Waals surface area contributed by atoms with Gasteiger partial charge in [0.05, 0.1) is 17.5 Å². The molecule has 0 unspecified atom stereocenters. The molecule has 1 N–H and O–H groups in total. The van der Waals surface area contributed by atoms with Crippen LogP contribution in [0.4, 0.5) is 4.79 Å². The summed E-state index contributed by atoms with van der Waals surface area (Å²) >= 11 is 0. The number of carbonyl (C=O) groups excluding carboxylic acids is 3. The van der Waals surface area contributed by atoms with Crippen molar-refractivity contribution in [2.24, 2.45) is 0 Å². The van der Waals surface area contributed by atoms with Gasteiger partial charge in [-0.15, -0.1) is 0 Å². The fourth-order valence-electron chi connectivity index (χ4n) is 2.21. The maximum Gasteiger partial charge on any atom is 0.345 e. The van der Waals surface area contributed by atoms with Crippen molar-refractivity contribution in [3.63, 3.8) is 0 Å². The van der Waals surface area contributed by atoms with E-state index in [0.717, 1.165) is 9.91 Å². The maximum atomic E-state index is 12.3. The van der Waals surface area contributed by atoms with Gasteiger partial charge in [0.25, 0.3) is 11.8 Å². The Morgan fingerprint density at radius 1 is 1.30 bits per heavy atom. The molecule has 0 saturated carbocycles. The molecule has 1 saturated heterocycles. The highest BCUT2D eigenvalue weighted by atomic mass is 16.2. The molecule has 9 nitrogen and oxygen atoms in total. The number of hydrazine groups is 1. The lowest BCUT2D eigenvalue weighted by Gasteiger charge is -2.15. The van der Waals surface area contributed by atoms with E-state index in [1.165, 1.54) is 17.9 Å². The number of hydrogen-bond acceptors (Lipinski definition) is 5. The van der Waals surface area contributed by atoms with Crippen molar-refractivity contribution in [1.29, 1.82) is 0 Å². The summed E-state index contributed by atoms with van der Waals surface area (Å²) in [5.41, 5.74) is 3.29. The smallest absolute Gasteiger partial charge is 0.272 e. The average molecular weight is 314 g/mol. The van der Waals surface area contributed by atoms with Gasteiger partial charge in [0.15, 0.2) is 5.82 Å². The molecule has 118 valence electrons. The van der Waals surface area contributed by atoms with E-state index in [1.807, 2.05) is 6.07 Å². The third-order valence-electron chi connectivity index (χ3n) is 3.54. The largest absolute Gasteiger partial charge is 0.345 e. The number of imide groups is 1. The monoisotopic (exact) mass is 314 g/mol. The molecule has 1 fully saturated rings. The van der Waals surface area contributed by atoms with Crippen LogP contribution in [0.2, 0.25) is 0 Å². The number of nitrogens with zero attached hydrogens (tertiary/aromatic N) is 5. The number of pyridine rings is 1. The SMILES string of the molecule is Cc1c(C(=O)NN2CC(=O)N(C)C2=O)cnn1-c1ccccn1. The van der Waals surface area contributed by atoms with E-state index in [9.17, 15) is 14.4 Å². The van der Waals surface area contributed by atoms with Gasteiger partial charge < -0.3 is 0 Å². The Morgan fingerprint density at radius 3 is 2.70 bits per heavy atom. The second-order valence-electron chi connectivity index (χ2n) is 5.01. The minimum atomic E-state index is -0.571. The van der Waals surface area contributed by atoms with E-state index < -0.39 is 11.9 Å². The summed E-state index contributed by atoms with van der Waals surface area (Å²) in [6.07, 6.45) is 3.02. The van der Waals surface area contributed by atoms with Crippen LogP contribution in [0.25, 0.3) is 5.82 Å². The van der Waals surface area contributed by atoms with Crippen molar-refractivity contribution in [3.8, 4) is 5.82 Å². The van der Waals surface area contributed by atoms with Crippen molar-refractivity contribution in [3.05, 3.63) is 41.9 Å². The molecule has 1 aliphatic heterocycles. The molecule has 3 rings (SSSR count). The third-order valence-corrected chi connectivity index (χ3v) is 3.54. The second-order valence-corrected chi connectivity index (χ2v) is 5.01. The van der Waals surface area contributed by atoms with Gasteiger partial charge in [-0.05, 0) is 19.1 Å². The minimum absolute atomic E-state index is 0.186. The summed E-state index contributed by atoms with van der Waals surface area (Å²) in [6, 6.07) is 4.79. The molecule has 23 heavy (non-hydrogen) atoms. The predicted octanol–water partition coefficient (Wildman–Crippen LogP) is 0.115. The lowest BCUT2D eigenvalue weighted by molar-refractivity contribution is -0.124.